The van der Waals surface area contributed by atoms with E-state index in [1.807, 2.05) is 53.8 Å². The van der Waals surface area contributed by atoms with Crippen molar-refractivity contribution in [3.05, 3.63) is 197 Å². The second kappa shape index (κ2) is 12.5. The predicted molar refractivity (Wildman–Crippen MR) is 204 cm³/mol. The topological polar surface area (TPSA) is 61.1 Å². The molecule has 2 aliphatic heterocycles. The molecule has 1 aromatic heterocycles. The first-order valence-electron chi connectivity index (χ1n) is 16.4. The Morgan fingerprint density at radius 2 is 1.02 bits per heavy atom. The van der Waals surface area contributed by atoms with E-state index in [2.05, 4.69) is 132 Å². The molecule has 9 rings (SSSR count). The van der Waals surface area contributed by atoms with E-state index in [0.29, 0.717) is 0 Å². The summed E-state index contributed by atoms with van der Waals surface area (Å²) in [4.78, 5) is 15.7. The summed E-state index contributed by atoms with van der Waals surface area (Å²) >= 11 is 1.81. The average molecular weight is 650 g/mol. The third-order valence-electron chi connectivity index (χ3n) is 8.96. The molecule has 0 saturated carbocycles. The summed E-state index contributed by atoms with van der Waals surface area (Å²) in [6, 6.07) is 54.4. The summed E-state index contributed by atoms with van der Waals surface area (Å²) in [5, 5.41) is 9.74. The molecule has 0 amide bonds. The van der Waals surface area contributed by atoms with Gasteiger partial charge in [-0.15, -0.1) is 11.3 Å². The van der Waals surface area contributed by atoms with E-state index >= 15 is 0 Å². The fourth-order valence-corrected chi connectivity index (χ4v) is 7.77. The van der Waals surface area contributed by atoms with Gasteiger partial charge in [0.2, 0.25) is 0 Å². The lowest BCUT2D eigenvalue weighted by molar-refractivity contribution is 0.755. The van der Waals surface area contributed by atoms with Crippen LogP contribution in [0.25, 0.3) is 25.9 Å². The van der Waals surface area contributed by atoms with Gasteiger partial charge in [0.1, 0.15) is 17.5 Å². The second-order valence-corrected chi connectivity index (χ2v) is 13.2. The van der Waals surface area contributed by atoms with Gasteiger partial charge in [-0.3, -0.25) is 4.99 Å². The molecule has 234 valence electrons. The summed E-state index contributed by atoms with van der Waals surface area (Å²) in [5.74, 6) is 2.44. The Kier molecular flexibility index (Phi) is 7.41. The number of hydrogen-bond acceptors (Lipinski definition) is 6. The summed E-state index contributed by atoms with van der Waals surface area (Å²) in [7, 11) is 0. The zero-order chi connectivity index (χ0) is 32.6. The van der Waals surface area contributed by atoms with E-state index in [4.69, 9.17) is 15.0 Å². The molecule has 0 bridgehead atoms. The van der Waals surface area contributed by atoms with Gasteiger partial charge in [-0.1, -0.05) is 140 Å². The van der Waals surface area contributed by atoms with Crippen LogP contribution >= 0.6 is 11.3 Å². The fourth-order valence-electron chi connectivity index (χ4n) is 6.59. The van der Waals surface area contributed by atoms with Gasteiger partial charge in [0, 0.05) is 42.6 Å². The highest BCUT2D eigenvalue weighted by Crippen LogP contribution is 2.42. The van der Waals surface area contributed by atoms with Crippen molar-refractivity contribution < 1.29 is 0 Å². The third-order valence-corrected chi connectivity index (χ3v) is 10.1. The highest BCUT2D eigenvalue weighted by atomic mass is 32.1. The fraction of sp³-hybridized carbons (Fsp3) is 0.0465. The summed E-state index contributed by atoms with van der Waals surface area (Å²) < 4.78 is 2.44. The normalized spacial score (nSPS) is 17.4. The lowest BCUT2D eigenvalue weighted by Crippen LogP contribution is -2.36. The van der Waals surface area contributed by atoms with Crippen LogP contribution in [0.4, 0.5) is 0 Å². The van der Waals surface area contributed by atoms with Crippen molar-refractivity contribution in [1.29, 1.82) is 0 Å². The van der Waals surface area contributed by atoms with E-state index in [9.17, 15) is 0 Å². The van der Waals surface area contributed by atoms with E-state index in [1.54, 1.807) is 0 Å². The molecule has 6 heteroatoms. The standard InChI is InChI=1S/C43H31N5S/c1-5-15-28(16-6-1)35-27-36(45-40(44-35)29-17-7-2-8-18-29)34-25-32(26-38-39(34)33-23-13-14-24-37(33)49-38)43-47-41(30-19-9-3-10-20-30)46-42(48-43)31-21-11-4-12-22-31/h1-27,36,41H,(H,44,45)(H,46,47,48). The van der Waals surface area contributed by atoms with Crippen molar-refractivity contribution in [3.63, 3.8) is 0 Å². The van der Waals surface area contributed by atoms with Gasteiger partial charge in [-0.05, 0) is 41.0 Å². The molecule has 0 spiro atoms. The maximum absolute atomic E-state index is 5.40. The Labute approximate surface area is 288 Å². The molecule has 2 unspecified atom stereocenters. The zero-order valence-corrected chi connectivity index (χ0v) is 27.3. The average Bonchev–Trinajstić information content (AvgIpc) is 3.57. The van der Waals surface area contributed by atoms with Crippen LogP contribution in [0.15, 0.2) is 179 Å². The third kappa shape index (κ3) is 5.62. The van der Waals surface area contributed by atoms with Gasteiger partial charge in [-0.2, -0.15) is 0 Å². The first kappa shape index (κ1) is 29.1. The Morgan fingerprint density at radius 3 is 1.69 bits per heavy atom. The van der Waals surface area contributed by atoms with E-state index in [0.717, 1.165) is 56.6 Å². The first-order valence-corrected chi connectivity index (χ1v) is 17.2. The monoisotopic (exact) mass is 649 g/mol. The molecule has 6 aromatic carbocycles. The van der Waals surface area contributed by atoms with Crippen LogP contribution in [-0.2, 0) is 0 Å². The molecule has 49 heavy (non-hydrogen) atoms. The van der Waals surface area contributed by atoms with Crippen LogP contribution in [0.5, 0.6) is 0 Å². The number of hydrogen-bond donors (Lipinski definition) is 2. The molecule has 7 aromatic rings. The minimum atomic E-state index is -0.375. The van der Waals surface area contributed by atoms with Crippen molar-refractivity contribution in [3.8, 4) is 0 Å². The number of benzene rings is 6. The number of fused-ring (bicyclic) bond motifs is 3. The highest BCUT2D eigenvalue weighted by molar-refractivity contribution is 7.25. The predicted octanol–water partition coefficient (Wildman–Crippen LogP) is 9.68. The highest BCUT2D eigenvalue weighted by Gasteiger charge is 2.26. The maximum atomic E-state index is 5.40. The van der Waals surface area contributed by atoms with E-state index in [1.165, 1.54) is 20.2 Å². The maximum Gasteiger partial charge on any atom is 0.169 e. The van der Waals surface area contributed by atoms with E-state index < -0.39 is 0 Å². The molecular weight excluding hydrogens is 619 g/mol. The van der Waals surface area contributed by atoms with Crippen LogP contribution in [0, 0.1) is 0 Å². The molecule has 5 nitrogen and oxygen atoms in total. The van der Waals surface area contributed by atoms with Gasteiger partial charge in [0.05, 0.1) is 6.04 Å². The lowest BCUT2D eigenvalue weighted by Gasteiger charge is -2.25. The van der Waals surface area contributed by atoms with Crippen molar-refractivity contribution in [2.24, 2.45) is 15.0 Å². The van der Waals surface area contributed by atoms with Gasteiger partial charge in [-0.25, -0.2) is 9.98 Å². The van der Waals surface area contributed by atoms with Crippen LogP contribution in [0.3, 0.4) is 0 Å². The minimum absolute atomic E-state index is 0.247. The van der Waals surface area contributed by atoms with E-state index in [-0.39, 0.29) is 12.2 Å². The summed E-state index contributed by atoms with van der Waals surface area (Å²) in [6.07, 6.45) is 1.88. The SMILES string of the molecule is C1=C(c2ccccc2)NC(c2ccccc2)=NC1c1cc(C2=NC(c3ccccc3)N=C(c3ccccc3)N2)cc2sc3ccccc3c12. The molecule has 0 aliphatic carbocycles. The number of thiophene rings is 1. The molecule has 0 fully saturated rings. The van der Waals surface area contributed by atoms with Gasteiger partial charge in [0.25, 0.3) is 0 Å². The van der Waals surface area contributed by atoms with Crippen LogP contribution in [-0.4, -0.2) is 17.5 Å². The van der Waals surface area contributed by atoms with Crippen molar-refractivity contribution >= 4 is 54.7 Å². The summed E-state index contributed by atoms with van der Waals surface area (Å²) in [6.45, 7) is 0. The molecule has 2 atom stereocenters. The van der Waals surface area contributed by atoms with Crippen molar-refractivity contribution in [2.75, 3.05) is 0 Å². The Bertz CT molecular complexity index is 2370. The lowest BCUT2D eigenvalue weighted by atomic mass is 9.94. The van der Waals surface area contributed by atoms with Crippen molar-refractivity contribution in [1.82, 2.24) is 10.6 Å². The van der Waals surface area contributed by atoms with Gasteiger partial charge < -0.3 is 10.6 Å². The Balaban J connectivity index is 1.25. The largest absolute Gasteiger partial charge is 0.340 e. The van der Waals surface area contributed by atoms with Crippen molar-refractivity contribution in [2.45, 2.75) is 12.2 Å². The van der Waals surface area contributed by atoms with Gasteiger partial charge >= 0.3 is 0 Å². The number of rotatable bonds is 6. The first-order chi connectivity index (χ1) is 24.3. The number of nitrogens with one attached hydrogen (secondary N) is 2. The minimum Gasteiger partial charge on any atom is -0.340 e. The number of aliphatic imine (C=N–C) groups is 3. The van der Waals surface area contributed by atoms with Crippen LogP contribution < -0.4 is 10.6 Å². The molecule has 2 N–H and O–H groups in total. The number of amidine groups is 3. The molecule has 2 aliphatic rings. The molecule has 0 radical (unpaired) electrons. The molecule has 0 saturated heterocycles. The smallest absolute Gasteiger partial charge is 0.169 e. The second-order valence-electron chi connectivity index (χ2n) is 12.1. The van der Waals surface area contributed by atoms with Crippen LogP contribution in [0.1, 0.15) is 45.6 Å². The zero-order valence-electron chi connectivity index (χ0n) is 26.5. The van der Waals surface area contributed by atoms with Gasteiger partial charge in [0.15, 0.2) is 6.17 Å². The quantitative estimate of drug-likeness (QED) is 0.188. The summed E-state index contributed by atoms with van der Waals surface area (Å²) in [5.41, 5.74) is 7.40. The molecule has 3 heterocycles. The van der Waals surface area contributed by atoms with Crippen LogP contribution in [0.2, 0.25) is 0 Å². The Morgan fingerprint density at radius 1 is 0.469 bits per heavy atom. The molecular formula is C43H31N5S. The number of nitrogens with zero attached hydrogens (tertiary/aromatic N) is 3. The Hall–Kier alpha value is -6.11.